The molecule has 0 fully saturated rings. The Bertz CT molecular complexity index is 3130. The third-order valence-electron chi connectivity index (χ3n) is 13.6. The second kappa shape index (κ2) is 14.8. The summed E-state index contributed by atoms with van der Waals surface area (Å²) < 4.78 is 36.5. The van der Waals surface area contributed by atoms with Crippen molar-refractivity contribution in [3.63, 3.8) is 0 Å². The van der Waals surface area contributed by atoms with Crippen LogP contribution in [0.1, 0.15) is 116 Å². The van der Waals surface area contributed by atoms with Crippen molar-refractivity contribution in [3.05, 3.63) is 166 Å². The van der Waals surface area contributed by atoms with Gasteiger partial charge in [-0.2, -0.15) is 0 Å². The van der Waals surface area contributed by atoms with Gasteiger partial charge in [-0.15, -0.1) is 0 Å². The normalized spacial score (nSPS) is 13.0. The number of hydrogen-bond donors (Lipinski definition) is 0. The van der Waals surface area contributed by atoms with Crippen LogP contribution in [0.5, 0.6) is 0 Å². The topological polar surface area (TPSA) is 9.86 Å². The van der Waals surface area contributed by atoms with Crippen LogP contribution in [0.2, 0.25) is 0 Å². The molecule has 9 rings (SSSR count). The number of nitrogens with zero attached hydrogens (tertiary/aromatic N) is 2. The molecule has 0 aliphatic carbocycles. The summed E-state index contributed by atoms with van der Waals surface area (Å²) >= 11 is 0. The second-order valence-corrected chi connectivity index (χ2v) is 22.3. The van der Waals surface area contributed by atoms with E-state index in [0.29, 0.717) is 0 Å². The van der Waals surface area contributed by atoms with Gasteiger partial charge in [0.15, 0.2) is 0 Å². The van der Waals surface area contributed by atoms with Gasteiger partial charge in [0.2, 0.25) is 0 Å². The molecule has 0 saturated carbocycles. The van der Waals surface area contributed by atoms with E-state index < -0.39 is 0 Å². The van der Waals surface area contributed by atoms with E-state index in [2.05, 4.69) is 179 Å². The minimum Gasteiger partial charge on any atom is -0.309 e. The van der Waals surface area contributed by atoms with E-state index in [1.807, 2.05) is 12.1 Å². The van der Waals surface area contributed by atoms with E-state index in [1.54, 1.807) is 24.3 Å². The highest BCUT2D eigenvalue weighted by Crippen LogP contribution is 2.50. The lowest BCUT2D eigenvalue weighted by Crippen LogP contribution is -2.12. The van der Waals surface area contributed by atoms with Gasteiger partial charge in [0.1, 0.15) is 11.6 Å². The Balaban J connectivity index is 1.53. The Morgan fingerprint density at radius 3 is 0.891 bits per heavy atom. The highest BCUT2D eigenvalue weighted by Gasteiger charge is 2.30. The molecule has 0 spiro atoms. The molecule has 326 valence electrons. The second-order valence-electron chi connectivity index (χ2n) is 22.3. The summed E-state index contributed by atoms with van der Waals surface area (Å²) in [6.07, 6.45) is 0. The zero-order valence-corrected chi connectivity index (χ0v) is 40.2. The van der Waals surface area contributed by atoms with Crippen LogP contribution in [0.4, 0.5) is 8.78 Å². The van der Waals surface area contributed by atoms with Gasteiger partial charge in [-0.1, -0.05) is 132 Å². The lowest BCUT2D eigenvalue weighted by Gasteiger charge is -2.28. The molecule has 0 aliphatic heterocycles. The maximum atomic E-state index is 15.8. The molecule has 0 bridgehead atoms. The molecular formula is C60H62F2N2. The molecule has 4 heteroatoms. The molecule has 0 aliphatic rings. The first-order chi connectivity index (χ1) is 29.9. The molecular weight excluding hydrogens is 787 g/mol. The average Bonchev–Trinajstić information content (AvgIpc) is 3.70. The van der Waals surface area contributed by atoms with E-state index in [-0.39, 0.29) is 33.3 Å². The van der Waals surface area contributed by atoms with Crippen molar-refractivity contribution in [3.8, 4) is 33.6 Å². The number of aromatic nitrogens is 2. The van der Waals surface area contributed by atoms with Gasteiger partial charge < -0.3 is 9.13 Å². The maximum absolute atomic E-state index is 15.8. The number of halogens is 2. The highest BCUT2D eigenvalue weighted by molar-refractivity contribution is 6.13. The van der Waals surface area contributed by atoms with Crippen LogP contribution < -0.4 is 0 Å². The third-order valence-corrected chi connectivity index (χ3v) is 13.6. The summed E-state index contributed by atoms with van der Waals surface area (Å²) in [5.41, 5.74) is 16.2. The first kappa shape index (κ1) is 43.3. The molecule has 0 unspecified atom stereocenters. The molecule has 7 aromatic carbocycles. The van der Waals surface area contributed by atoms with Crippen LogP contribution in [0, 0.1) is 25.5 Å². The predicted molar refractivity (Wildman–Crippen MR) is 270 cm³/mol. The fourth-order valence-electron chi connectivity index (χ4n) is 9.95. The minimum absolute atomic E-state index is 0.0591. The average molecular weight is 849 g/mol. The molecule has 2 aromatic heterocycles. The Kier molecular flexibility index (Phi) is 9.99. The van der Waals surface area contributed by atoms with Crippen LogP contribution in [0.3, 0.4) is 0 Å². The molecule has 0 radical (unpaired) electrons. The molecule has 0 atom stereocenters. The smallest absolute Gasteiger partial charge is 0.123 e. The summed E-state index contributed by atoms with van der Waals surface area (Å²) in [4.78, 5) is 0. The SMILES string of the molecule is Cc1c(-c2cccc(F)c2)c(-n2c3ccc(C(C)(C)C)cc3c3cc(C(C)(C)C)ccc32)c(-c2cccc(F)c2)c(C)c1-n1c2ccc(C(C)(C)C)cc2c2cc(C(C)(C)C)ccc21. The molecule has 64 heavy (non-hydrogen) atoms. The number of fused-ring (bicyclic) bond motifs is 6. The van der Waals surface area contributed by atoms with E-state index in [4.69, 9.17) is 0 Å². The minimum atomic E-state index is -0.314. The number of benzene rings is 7. The van der Waals surface area contributed by atoms with Gasteiger partial charge >= 0.3 is 0 Å². The zero-order valence-electron chi connectivity index (χ0n) is 40.2. The Morgan fingerprint density at radius 2 is 0.625 bits per heavy atom. The Hall–Kier alpha value is -6.00. The molecule has 0 N–H and O–H groups in total. The van der Waals surface area contributed by atoms with Crippen LogP contribution in [-0.2, 0) is 21.7 Å². The van der Waals surface area contributed by atoms with Crippen molar-refractivity contribution in [1.29, 1.82) is 0 Å². The summed E-state index contributed by atoms with van der Waals surface area (Å²) in [6, 6.07) is 41.5. The van der Waals surface area contributed by atoms with Crippen molar-refractivity contribution in [2.24, 2.45) is 0 Å². The van der Waals surface area contributed by atoms with E-state index in [1.165, 1.54) is 45.2 Å². The van der Waals surface area contributed by atoms with Crippen molar-refractivity contribution < 1.29 is 8.78 Å². The first-order valence-corrected chi connectivity index (χ1v) is 22.8. The molecule has 0 saturated heterocycles. The summed E-state index contributed by atoms with van der Waals surface area (Å²) in [5, 5.41) is 4.66. The van der Waals surface area contributed by atoms with Gasteiger partial charge in [0, 0.05) is 32.7 Å². The standard InChI is InChI=1S/C60H62F2N2/c1-35-53(37-17-15-19-43(61)29-37)56(64-51-27-23-41(59(9,10)11)33-47(51)48-34-42(60(12,13)14)24-28-52(48)64)54(38-18-16-20-44(62)30-38)36(2)55(35)63-49-25-21-39(57(3,4)5)31-45(49)46-32-40(58(6,7)8)22-26-50(46)63/h15-34H,1-14H3. The van der Waals surface area contributed by atoms with Gasteiger partial charge in [-0.05, 0) is 153 Å². The maximum Gasteiger partial charge on any atom is 0.123 e. The summed E-state index contributed by atoms with van der Waals surface area (Å²) in [5.74, 6) is -0.629. The quantitative estimate of drug-likeness (QED) is 0.167. The van der Waals surface area contributed by atoms with Gasteiger partial charge in [-0.25, -0.2) is 8.78 Å². The molecule has 2 heterocycles. The first-order valence-electron chi connectivity index (χ1n) is 22.8. The monoisotopic (exact) mass is 848 g/mol. The van der Waals surface area contributed by atoms with Gasteiger partial charge in [0.25, 0.3) is 0 Å². The molecule has 2 nitrogen and oxygen atoms in total. The fourth-order valence-corrected chi connectivity index (χ4v) is 9.95. The number of hydrogen-bond acceptors (Lipinski definition) is 0. The van der Waals surface area contributed by atoms with E-state index >= 15 is 8.78 Å². The van der Waals surface area contributed by atoms with E-state index in [0.717, 1.165) is 77.6 Å². The Labute approximate surface area is 378 Å². The third kappa shape index (κ3) is 7.14. The van der Waals surface area contributed by atoms with Crippen LogP contribution in [-0.4, -0.2) is 9.13 Å². The summed E-state index contributed by atoms with van der Waals surface area (Å²) in [7, 11) is 0. The Morgan fingerprint density at radius 1 is 0.344 bits per heavy atom. The summed E-state index contributed by atoms with van der Waals surface area (Å²) in [6.45, 7) is 31.5. The van der Waals surface area contributed by atoms with Crippen LogP contribution in [0.25, 0.3) is 77.2 Å². The lowest BCUT2D eigenvalue weighted by atomic mass is 9.85. The van der Waals surface area contributed by atoms with Crippen molar-refractivity contribution in [2.45, 2.75) is 119 Å². The van der Waals surface area contributed by atoms with E-state index in [9.17, 15) is 0 Å². The van der Waals surface area contributed by atoms with Crippen LogP contribution >= 0.6 is 0 Å². The zero-order chi connectivity index (χ0) is 46.0. The fraction of sp³-hybridized carbons (Fsp3) is 0.300. The van der Waals surface area contributed by atoms with Gasteiger partial charge in [0.05, 0.1) is 33.4 Å². The number of rotatable bonds is 4. The molecule has 0 amide bonds. The van der Waals surface area contributed by atoms with Crippen molar-refractivity contribution in [1.82, 2.24) is 9.13 Å². The largest absolute Gasteiger partial charge is 0.309 e. The van der Waals surface area contributed by atoms with Crippen molar-refractivity contribution in [2.75, 3.05) is 0 Å². The lowest BCUT2D eigenvalue weighted by molar-refractivity contribution is 0.590. The van der Waals surface area contributed by atoms with Crippen molar-refractivity contribution >= 4 is 43.6 Å². The highest BCUT2D eigenvalue weighted by atomic mass is 19.1. The van der Waals surface area contributed by atoms with Crippen LogP contribution in [0.15, 0.2) is 121 Å². The van der Waals surface area contributed by atoms with Gasteiger partial charge in [-0.3, -0.25) is 0 Å². The molecule has 9 aromatic rings. The predicted octanol–water partition coefficient (Wildman–Crippen LogP) is 17.3.